The van der Waals surface area contributed by atoms with Crippen molar-refractivity contribution in [3.8, 4) is 0 Å². The average molecular weight is 391 g/mol. The van der Waals surface area contributed by atoms with Crippen LogP contribution in [0.25, 0.3) is 10.8 Å². The van der Waals surface area contributed by atoms with Gasteiger partial charge >= 0.3 is 0 Å². The van der Waals surface area contributed by atoms with Gasteiger partial charge in [-0.15, -0.1) is 0 Å². The van der Waals surface area contributed by atoms with Gasteiger partial charge in [0.05, 0.1) is 6.10 Å². The summed E-state index contributed by atoms with van der Waals surface area (Å²) in [4.78, 5) is 33.6. The van der Waals surface area contributed by atoms with Gasteiger partial charge in [-0.3, -0.25) is 9.59 Å². The number of hydrogen-bond acceptors (Lipinski definition) is 4. The molecule has 1 aliphatic rings. The van der Waals surface area contributed by atoms with Crippen LogP contribution in [0.2, 0.25) is 0 Å². The Morgan fingerprint density at radius 3 is 2.66 bits per heavy atom. The van der Waals surface area contributed by atoms with Gasteiger partial charge in [0.1, 0.15) is 11.4 Å². The largest absolute Gasteiger partial charge is 0.391 e. The van der Waals surface area contributed by atoms with Gasteiger partial charge < -0.3 is 15.0 Å². The van der Waals surface area contributed by atoms with Crippen LogP contribution in [0.4, 0.5) is 0 Å². The third kappa shape index (κ3) is 3.80. The minimum Gasteiger partial charge on any atom is -0.391 e. The number of aliphatic hydroxyl groups excluding tert-OH is 1. The standard InChI is InChI=1S/C23H25N3O3/c1-14(2)21-24-12-19(22(28)25-21)23(29)26-10-9-18(20(27)13-26)17-8-7-15-5-3-4-6-16(15)11-17/h3-8,11-12,14,18,20,27H,9-10,13H2,1-2H3,(H,24,25,28)/t18-,20+/m0/s1. The Morgan fingerprint density at radius 2 is 1.97 bits per heavy atom. The molecule has 1 aromatic heterocycles. The van der Waals surface area contributed by atoms with Crippen molar-refractivity contribution < 1.29 is 9.90 Å². The second-order valence-electron chi connectivity index (χ2n) is 7.99. The monoisotopic (exact) mass is 391 g/mol. The summed E-state index contributed by atoms with van der Waals surface area (Å²) in [6, 6.07) is 14.4. The zero-order chi connectivity index (χ0) is 20.5. The predicted molar refractivity (Wildman–Crippen MR) is 112 cm³/mol. The van der Waals surface area contributed by atoms with E-state index in [2.05, 4.69) is 34.2 Å². The van der Waals surface area contributed by atoms with Crippen LogP contribution in [0.3, 0.4) is 0 Å². The van der Waals surface area contributed by atoms with E-state index in [-0.39, 0.29) is 29.9 Å². The second kappa shape index (κ2) is 7.79. The summed E-state index contributed by atoms with van der Waals surface area (Å²) < 4.78 is 0. The molecule has 2 atom stereocenters. The number of piperidine rings is 1. The number of fused-ring (bicyclic) bond motifs is 1. The highest BCUT2D eigenvalue weighted by molar-refractivity contribution is 5.93. The number of carbonyl (C=O) groups is 1. The van der Waals surface area contributed by atoms with Crippen LogP contribution in [-0.4, -0.2) is 45.1 Å². The summed E-state index contributed by atoms with van der Waals surface area (Å²) in [6.45, 7) is 4.53. The van der Waals surface area contributed by atoms with E-state index in [0.29, 0.717) is 18.8 Å². The first-order chi connectivity index (χ1) is 13.9. The van der Waals surface area contributed by atoms with E-state index < -0.39 is 11.7 Å². The lowest BCUT2D eigenvalue weighted by Gasteiger charge is -2.36. The van der Waals surface area contributed by atoms with E-state index in [0.717, 1.165) is 16.3 Å². The van der Waals surface area contributed by atoms with Crippen LogP contribution in [0.1, 0.15) is 53.8 Å². The van der Waals surface area contributed by atoms with Crippen molar-refractivity contribution in [1.29, 1.82) is 0 Å². The Kier molecular flexibility index (Phi) is 5.20. The number of aromatic nitrogens is 2. The molecule has 0 spiro atoms. The molecular formula is C23H25N3O3. The van der Waals surface area contributed by atoms with Crippen LogP contribution in [0.15, 0.2) is 53.5 Å². The number of H-pyrrole nitrogens is 1. The van der Waals surface area contributed by atoms with Crippen LogP contribution in [0, 0.1) is 0 Å². The molecule has 1 amide bonds. The number of nitrogens with one attached hydrogen (secondary N) is 1. The van der Waals surface area contributed by atoms with Crippen LogP contribution < -0.4 is 5.56 Å². The third-order valence-corrected chi connectivity index (χ3v) is 5.67. The number of β-amino-alcohol motifs (C(OH)–C–C–N with tert-alkyl or cyclic N) is 1. The lowest BCUT2D eigenvalue weighted by molar-refractivity contribution is 0.0380. The predicted octanol–water partition coefficient (Wildman–Crippen LogP) is 3.04. The number of carbonyl (C=O) groups excluding carboxylic acids is 1. The van der Waals surface area contributed by atoms with E-state index in [9.17, 15) is 14.7 Å². The van der Waals surface area contributed by atoms with E-state index >= 15 is 0 Å². The molecule has 1 fully saturated rings. The second-order valence-corrected chi connectivity index (χ2v) is 7.99. The highest BCUT2D eigenvalue weighted by atomic mass is 16.3. The molecular weight excluding hydrogens is 366 g/mol. The maximum atomic E-state index is 12.8. The fraction of sp³-hybridized carbons (Fsp3) is 0.348. The Bertz CT molecular complexity index is 1110. The van der Waals surface area contributed by atoms with Crippen molar-refractivity contribution in [2.24, 2.45) is 0 Å². The van der Waals surface area contributed by atoms with Crippen molar-refractivity contribution in [1.82, 2.24) is 14.9 Å². The summed E-state index contributed by atoms with van der Waals surface area (Å²) in [5.74, 6) is 0.210. The molecule has 0 bridgehead atoms. The minimum absolute atomic E-state index is 0.0192. The normalized spacial score (nSPS) is 19.7. The number of amides is 1. The molecule has 0 aliphatic carbocycles. The van der Waals surface area contributed by atoms with Gasteiger partial charge in [0.25, 0.3) is 11.5 Å². The highest BCUT2D eigenvalue weighted by Crippen LogP contribution is 2.31. The van der Waals surface area contributed by atoms with Crippen LogP contribution in [-0.2, 0) is 0 Å². The summed E-state index contributed by atoms with van der Waals surface area (Å²) in [5, 5.41) is 13.1. The summed E-state index contributed by atoms with van der Waals surface area (Å²) in [7, 11) is 0. The lowest BCUT2D eigenvalue weighted by Crippen LogP contribution is -2.47. The van der Waals surface area contributed by atoms with E-state index in [1.54, 1.807) is 4.90 Å². The molecule has 0 unspecified atom stereocenters. The number of aliphatic hydroxyl groups is 1. The summed E-state index contributed by atoms with van der Waals surface area (Å²) in [5.41, 5.74) is 0.662. The maximum Gasteiger partial charge on any atom is 0.263 e. The van der Waals surface area contributed by atoms with Crippen molar-refractivity contribution in [3.63, 3.8) is 0 Å². The van der Waals surface area contributed by atoms with Crippen molar-refractivity contribution in [2.45, 2.75) is 38.2 Å². The molecule has 2 N–H and O–H groups in total. The fourth-order valence-electron chi connectivity index (χ4n) is 3.97. The number of nitrogens with zero attached hydrogens (tertiary/aromatic N) is 2. The van der Waals surface area contributed by atoms with E-state index in [1.807, 2.05) is 32.0 Å². The molecule has 29 heavy (non-hydrogen) atoms. The van der Waals surface area contributed by atoms with Gasteiger partial charge in [0.15, 0.2) is 0 Å². The Balaban J connectivity index is 1.51. The minimum atomic E-state index is -0.684. The quantitative estimate of drug-likeness (QED) is 0.719. The van der Waals surface area contributed by atoms with Gasteiger partial charge in [0, 0.05) is 31.1 Å². The third-order valence-electron chi connectivity index (χ3n) is 5.67. The van der Waals surface area contributed by atoms with Gasteiger partial charge in [0.2, 0.25) is 0 Å². The SMILES string of the molecule is CC(C)c1ncc(C(=O)N2CC[C@@H](c3ccc4ccccc4c3)[C@H](O)C2)c(=O)[nH]1. The molecule has 4 rings (SSSR count). The molecule has 150 valence electrons. The molecule has 6 heteroatoms. The van der Waals surface area contributed by atoms with E-state index in [1.165, 1.54) is 6.20 Å². The van der Waals surface area contributed by atoms with Crippen molar-refractivity contribution in [2.75, 3.05) is 13.1 Å². The lowest BCUT2D eigenvalue weighted by atomic mass is 9.86. The van der Waals surface area contributed by atoms with Crippen molar-refractivity contribution in [3.05, 3.63) is 76.0 Å². The molecule has 1 saturated heterocycles. The summed E-state index contributed by atoms with van der Waals surface area (Å²) in [6.07, 6.45) is 1.30. The zero-order valence-corrected chi connectivity index (χ0v) is 16.6. The van der Waals surface area contributed by atoms with Gasteiger partial charge in [-0.2, -0.15) is 0 Å². The first kappa shape index (κ1) is 19.3. The highest BCUT2D eigenvalue weighted by Gasteiger charge is 2.32. The number of aromatic amines is 1. The molecule has 2 heterocycles. The van der Waals surface area contributed by atoms with Crippen LogP contribution >= 0.6 is 0 Å². The van der Waals surface area contributed by atoms with E-state index in [4.69, 9.17) is 0 Å². The Hall–Kier alpha value is -2.99. The van der Waals surface area contributed by atoms with Crippen LogP contribution in [0.5, 0.6) is 0 Å². The molecule has 0 saturated carbocycles. The van der Waals surface area contributed by atoms with Crippen molar-refractivity contribution >= 4 is 16.7 Å². The fourth-order valence-corrected chi connectivity index (χ4v) is 3.97. The molecule has 2 aromatic carbocycles. The first-order valence-electron chi connectivity index (χ1n) is 9.99. The number of rotatable bonds is 3. The average Bonchev–Trinajstić information content (AvgIpc) is 2.72. The Morgan fingerprint density at radius 1 is 1.21 bits per heavy atom. The zero-order valence-electron chi connectivity index (χ0n) is 16.6. The van der Waals surface area contributed by atoms with Gasteiger partial charge in [-0.05, 0) is 22.8 Å². The number of likely N-dealkylation sites (tertiary alicyclic amines) is 1. The van der Waals surface area contributed by atoms with Gasteiger partial charge in [-0.1, -0.05) is 56.3 Å². The molecule has 1 aliphatic heterocycles. The molecule has 3 aromatic rings. The van der Waals surface area contributed by atoms with Gasteiger partial charge in [-0.25, -0.2) is 4.98 Å². The summed E-state index contributed by atoms with van der Waals surface area (Å²) >= 11 is 0. The number of hydrogen-bond donors (Lipinski definition) is 2. The topological polar surface area (TPSA) is 86.3 Å². The molecule has 0 radical (unpaired) electrons. The molecule has 6 nitrogen and oxygen atoms in total. The smallest absolute Gasteiger partial charge is 0.263 e. The Labute approximate surface area is 169 Å². The first-order valence-corrected chi connectivity index (χ1v) is 9.99. The number of benzene rings is 2. The maximum absolute atomic E-state index is 12.8.